The number of methoxy groups -OCH3 is 1. The molecule has 1 N–H and O–H groups in total. The molecule has 0 radical (unpaired) electrons. The second-order valence-electron chi connectivity index (χ2n) is 4.84. The van der Waals surface area contributed by atoms with Crippen LogP contribution in [-0.2, 0) is 19.1 Å². The molecule has 24 heavy (non-hydrogen) atoms. The summed E-state index contributed by atoms with van der Waals surface area (Å²) in [6.45, 7) is 1.03. The molecule has 126 valence electrons. The molecule has 0 saturated carbocycles. The van der Waals surface area contributed by atoms with Gasteiger partial charge in [0.2, 0.25) is 5.91 Å². The Labute approximate surface area is 137 Å². The molecular formula is C15H15N3O6. The van der Waals surface area contributed by atoms with Crippen molar-refractivity contribution in [2.24, 2.45) is 0 Å². The molecule has 2 rings (SSSR count). The molecule has 0 atom stereocenters. The molecule has 1 fully saturated rings. The number of carbonyl (C=O) groups is 5. The summed E-state index contributed by atoms with van der Waals surface area (Å²) in [5.41, 5.74) is 0.676. The molecule has 1 saturated heterocycles. The van der Waals surface area contributed by atoms with E-state index in [1.165, 1.54) is 31.4 Å². The number of anilines is 1. The van der Waals surface area contributed by atoms with Gasteiger partial charge in [-0.15, -0.1) is 0 Å². The van der Waals surface area contributed by atoms with E-state index >= 15 is 0 Å². The minimum Gasteiger partial charge on any atom is -0.465 e. The first-order chi connectivity index (χ1) is 11.4. The fourth-order valence-corrected chi connectivity index (χ4v) is 2.12. The van der Waals surface area contributed by atoms with Crippen molar-refractivity contribution in [3.05, 3.63) is 29.8 Å². The van der Waals surface area contributed by atoms with Gasteiger partial charge in [0.1, 0.15) is 6.54 Å². The van der Waals surface area contributed by atoms with E-state index in [1.807, 2.05) is 0 Å². The van der Waals surface area contributed by atoms with Crippen LogP contribution in [0.3, 0.4) is 0 Å². The molecule has 0 spiro atoms. The Bertz CT molecular complexity index is 712. The molecule has 0 aromatic heterocycles. The predicted molar refractivity (Wildman–Crippen MR) is 80.9 cm³/mol. The molecule has 0 unspecified atom stereocenters. The molecule has 1 aromatic carbocycles. The Morgan fingerprint density at radius 1 is 1.04 bits per heavy atom. The van der Waals surface area contributed by atoms with Crippen molar-refractivity contribution in [1.82, 2.24) is 9.80 Å². The number of urea groups is 1. The van der Waals surface area contributed by atoms with Crippen LogP contribution in [0.15, 0.2) is 24.3 Å². The lowest BCUT2D eigenvalue weighted by Crippen LogP contribution is -2.38. The van der Waals surface area contributed by atoms with E-state index in [-0.39, 0.29) is 6.54 Å². The first kappa shape index (κ1) is 17.1. The van der Waals surface area contributed by atoms with E-state index in [0.29, 0.717) is 16.2 Å². The standard InChI is InChI=1S/C15H15N3O6/c1-3-17-12(20)13(21)18(15(17)23)8-11(19)16-10-6-4-9(5-7-10)14(22)24-2/h4-7H,3,8H2,1-2H3,(H,16,19). The first-order valence-electron chi connectivity index (χ1n) is 7.04. The maximum absolute atomic E-state index is 12.0. The highest BCUT2D eigenvalue weighted by atomic mass is 16.5. The SMILES string of the molecule is CCN1C(=O)C(=O)N(CC(=O)Nc2ccc(C(=O)OC)cc2)C1=O. The summed E-state index contributed by atoms with van der Waals surface area (Å²) in [6.07, 6.45) is 0. The van der Waals surface area contributed by atoms with Crippen LogP contribution < -0.4 is 5.32 Å². The Morgan fingerprint density at radius 2 is 1.62 bits per heavy atom. The summed E-state index contributed by atoms with van der Waals surface area (Å²) < 4.78 is 4.56. The number of hydrogen-bond donors (Lipinski definition) is 1. The van der Waals surface area contributed by atoms with Gasteiger partial charge in [-0.1, -0.05) is 0 Å². The highest BCUT2D eigenvalue weighted by Crippen LogP contribution is 2.13. The number of rotatable bonds is 5. The molecule has 5 amide bonds. The van der Waals surface area contributed by atoms with Crippen molar-refractivity contribution in [2.75, 3.05) is 25.5 Å². The molecule has 1 aromatic rings. The highest BCUT2D eigenvalue weighted by molar-refractivity contribution is 6.45. The van der Waals surface area contributed by atoms with Crippen molar-refractivity contribution in [1.29, 1.82) is 0 Å². The normalized spacial score (nSPS) is 14.2. The second-order valence-corrected chi connectivity index (χ2v) is 4.84. The smallest absolute Gasteiger partial charge is 0.337 e. The summed E-state index contributed by atoms with van der Waals surface area (Å²) in [7, 11) is 1.25. The van der Waals surface area contributed by atoms with Gasteiger partial charge in [-0.25, -0.2) is 14.5 Å². The lowest BCUT2D eigenvalue weighted by atomic mass is 10.2. The summed E-state index contributed by atoms with van der Waals surface area (Å²) >= 11 is 0. The van der Waals surface area contributed by atoms with Crippen molar-refractivity contribution < 1.29 is 28.7 Å². The van der Waals surface area contributed by atoms with Crippen molar-refractivity contribution in [3.63, 3.8) is 0 Å². The fourth-order valence-electron chi connectivity index (χ4n) is 2.12. The third-order valence-electron chi connectivity index (χ3n) is 3.34. The number of nitrogens with zero attached hydrogens (tertiary/aromatic N) is 2. The molecule has 1 heterocycles. The molecule has 9 nitrogen and oxygen atoms in total. The van der Waals surface area contributed by atoms with Gasteiger partial charge in [-0.05, 0) is 31.2 Å². The summed E-state index contributed by atoms with van der Waals surface area (Å²) in [5, 5.41) is 2.47. The van der Waals surface area contributed by atoms with Crippen LogP contribution in [-0.4, -0.2) is 59.7 Å². The van der Waals surface area contributed by atoms with E-state index in [4.69, 9.17) is 0 Å². The van der Waals surface area contributed by atoms with Crippen LogP contribution in [0.4, 0.5) is 10.5 Å². The van der Waals surface area contributed by atoms with Gasteiger partial charge in [0, 0.05) is 12.2 Å². The molecule has 0 aliphatic carbocycles. The van der Waals surface area contributed by atoms with Crippen molar-refractivity contribution in [2.45, 2.75) is 6.92 Å². The number of benzene rings is 1. The first-order valence-corrected chi connectivity index (χ1v) is 7.04. The molecule has 1 aliphatic heterocycles. The van der Waals surface area contributed by atoms with E-state index in [1.54, 1.807) is 6.92 Å². The van der Waals surface area contributed by atoms with Crippen LogP contribution in [0.2, 0.25) is 0 Å². The maximum Gasteiger partial charge on any atom is 0.337 e. The summed E-state index contributed by atoms with van der Waals surface area (Å²) in [5.74, 6) is -3.14. The van der Waals surface area contributed by atoms with Crippen LogP contribution in [0.1, 0.15) is 17.3 Å². The minimum absolute atomic E-state index is 0.0521. The van der Waals surface area contributed by atoms with Crippen LogP contribution >= 0.6 is 0 Å². The average molecular weight is 333 g/mol. The van der Waals surface area contributed by atoms with Gasteiger partial charge in [0.15, 0.2) is 0 Å². The Kier molecular flexibility index (Phi) is 4.93. The average Bonchev–Trinajstić information content (AvgIpc) is 2.78. The topological polar surface area (TPSA) is 113 Å². The van der Waals surface area contributed by atoms with Gasteiger partial charge in [-0.3, -0.25) is 19.3 Å². The number of carbonyl (C=O) groups excluding carboxylic acids is 5. The highest BCUT2D eigenvalue weighted by Gasteiger charge is 2.44. The number of likely N-dealkylation sites (N-methyl/N-ethyl adjacent to an activating group) is 1. The van der Waals surface area contributed by atoms with E-state index < -0.39 is 36.3 Å². The van der Waals surface area contributed by atoms with Gasteiger partial charge in [0.25, 0.3) is 0 Å². The van der Waals surface area contributed by atoms with Gasteiger partial charge < -0.3 is 10.1 Å². The zero-order chi connectivity index (χ0) is 17.9. The number of hydrogen-bond acceptors (Lipinski definition) is 6. The van der Waals surface area contributed by atoms with Gasteiger partial charge >= 0.3 is 23.8 Å². The Balaban J connectivity index is 2.01. The van der Waals surface area contributed by atoms with Crippen LogP contribution in [0, 0.1) is 0 Å². The number of imide groups is 2. The molecule has 0 bridgehead atoms. The van der Waals surface area contributed by atoms with Crippen molar-refractivity contribution >= 4 is 35.4 Å². The molecular weight excluding hydrogens is 318 g/mol. The minimum atomic E-state index is -1.03. The van der Waals surface area contributed by atoms with E-state index in [9.17, 15) is 24.0 Å². The molecule has 1 aliphatic rings. The number of ether oxygens (including phenoxy) is 1. The number of amides is 5. The summed E-state index contributed by atoms with van der Waals surface area (Å²) in [4.78, 5) is 59.8. The van der Waals surface area contributed by atoms with Crippen molar-refractivity contribution in [3.8, 4) is 0 Å². The third kappa shape index (κ3) is 3.24. The fraction of sp³-hybridized carbons (Fsp3) is 0.267. The van der Waals surface area contributed by atoms with Gasteiger partial charge in [-0.2, -0.15) is 0 Å². The second kappa shape index (κ2) is 6.90. The Hall–Kier alpha value is -3.23. The monoisotopic (exact) mass is 333 g/mol. The summed E-state index contributed by atoms with van der Waals surface area (Å²) in [6, 6.07) is 5.04. The van der Waals surface area contributed by atoms with Crippen LogP contribution in [0.5, 0.6) is 0 Å². The van der Waals surface area contributed by atoms with E-state index in [2.05, 4.69) is 10.1 Å². The van der Waals surface area contributed by atoms with Crippen LogP contribution in [0.25, 0.3) is 0 Å². The quantitative estimate of drug-likeness (QED) is 0.468. The Morgan fingerprint density at radius 3 is 2.12 bits per heavy atom. The van der Waals surface area contributed by atoms with E-state index in [0.717, 1.165) is 4.90 Å². The lowest BCUT2D eigenvalue weighted by molar-refractivity contribution is -0.143. The largest absolute Gasteiger partial charge is 0.465 e. The number of nitrogens with one attached hydrogen (secondary N) is 1. The zero-order valence-corrected chi connectivity index (χ0v) is 13.1. The molecule has 9 heteroatoms. The van der Waals surface area contributed by atoms with Gasteiger partial charge in [0.05, 0.1) is 12.7 Å². The third-order valence-corrected chi connectivity index (χ3v) is 3.34. The maximum atomic E-state index is 12.0. The predicted octanol–water partition coefficient (Wildman–Crippen LogP) is 0.222. The zero-order valence-electron chi connectivity index (χ0n) is 13.1. The number of esters is 1. The lowest BCUT2D eigenvalue weighted by Gasteiger charge is -2.14.